The second kappa shape index (κ2) is 11.5. The number of likely N-dealkylation sites (tertiary alicyclic amines) is 1. The fraction of sp³-hybridized carbons (Fsp3) is 0.409. The third kappa shape index (κ3) is 8.48. The molecule has 0 aromatic heterocycles. The first kappa shape index (κ1) is 24.4. The minimum Gasteiger partial charge on any atom is -0.388 e. The van der Waals surface area contributed by atoms with E-state index in [0.717, 1.165) is 36.8 Å². The molecular weight excluding hydrogens is 405 g/mol. The van der Waals surface area contributed by atoms with Crippen LogP contribution in [0.5, 0.6) is 0 Å². The molecule has 1 fully saturated rings. The quantitative estimate of drug-likeness (QED) is 0.406. The van der Waals surface area contributed by atoms with Gasteiger partial charge in [-0.15, -0.1) is 0 Å². The summed E-state index contributed by atoms with van der Waals surface area (Å²) in [6.45, 7) is 0. The van der Waals surface area contributed by atoms with Gasteiger partial charge in [-0.05, 0) is 31.9 Å². The van der Waals surface area contributed by atoms with Gasteiger partial charge in [0, 0.05) is 24.1 Å². The van der Waals surface area contributed by atoms with E-state index in [-0.39, 0.29) is 11.8 Å². The highest BCUT2D eigenvalue weighted by atomic mass is 31.2. The largest absolute Gasteiger partial charge is 0.466 e. The summed E-state index contributed by atoms with van der Waals surface area (Å²) in [6.07, 6.45) is 4.07. The second-order valence-corrected chi connectivity index (χ2v) is 8.60. The van der Waals surface area contributed by atoms with Gasteiger partial charge in [-0.3, -0.25) is 9.69 Å². The topological polar surface area (TPSA) is 118 Å². The lowest BCUT2D eigenvalue weighted by Crippen LogP contribution is -2.45. The molecule has 1 aliphatic rings. The van der Waals surface area contributed by atoms with Crippen molar-refractivity contribution in [1.29, 1.82) is 0 Å². The molecule has 8 heteroatoms. The number of hydrogen-bond acceptors (Lipinski definition) is 4. The average Bonchev–Trinajstić information content (AvgIpc) is 2.71. The molecule has 4 N–H and O–H groups in total. The number of benzene rings is 2. The van der Waals surface area contributed by atoms with Crippen molar-refractivity contribution in [3.05, 3.63) is 71.8 Å². The molecule has 0 spiro atoms. The monoisotopic (exact) mass is 435 g/mol. The molecule has 7 nitrogen and oxygen atoms in total. The lowest BCUT2D eigenvalue weighted by Gasteiger charge is -2.40. The van der Waals surface area contributed by atoms with E-state index in [9.17, 15) is 9.90 Å². The van der Waals surface area contributed by atoms with Crippen molar-refractivity contribution in [3.8, 4) is 0 Å². The molecule has 2 aromatic carbocycles. The first-order chi connectivity index (χ1) is 14.1. The van der Waals surface area contributed by atoms with E-state index in [0.29, 0.717) is 12.5 Å². The Morgan fingerprint density at radius 2 is 1.50 bits per heavy atom. The van der Waals surface area contributed by atoms with Gasteiger partial charge in [0.15, 0.2) is 5.78 Å². The Balaban J connectivity index is 0.000000575. The Kier molecular flexibility index (Phi) is 9.37. The predicted octanol–water partition coefficient (Wildman–Crippen LogP) is 3.31. The lowest BCUT2D eigenvalue weighted by molar-refractivity contribution is 0.0549. The molecule has 0 radical (unpaired) electrons. The molecule has 2 aromatic rings. The van der Waals surface area contributed by atoms with Crippen LogP contribution in [0.4, 0.5) is 0 Å². The summed E-state index contributed by atoms with van der Waals surface area (Å²) in [5.41, 5.74) is 1.76. The molecule has 3 atom stereocenters. The van der Waals surface area contributed by atoms with Gasteiger partial charge in [-0.1, -0.05) is 67.1 Å². The van der Waals surface area contributed by atoms with E-state index >= 15 is 0 Å². The van der Waals surface area contributed by atoms with E-state index in [2.05, 4.69) is 11.9 Å². The van der Waals surface area contributed by atoms with E-state index in [1.807, 2.05) is 60.7 Å². The molecule has 3 rings (SSSR count). The maximum absolute atomic E-state index is 12.5. The Morgan fingerprint density at radius 1 is 1.00 bits per heavy atom. The molecule has 0 saturated carbocycles. The first-order valence-electron chi connectivity index (χ1n) is 9.96. The van der Waals surface area contributed by atoms with E-state index < -0.39 is 13.9 Å². The minimum atomic E-state index is -4.64. The molecule has 1 saturated heterocycles. The summed E-state index contributed by atoms with van der Waals surface area (Å²) in [5, 5.41) is 10.5. The summed E-state index contributed by atoms with van der Waals surface area (Å²) < 4.78 is 8.88. The Hall–Kier alpha value is -1.86. The van der Waals surface area contributed by atoms with Gasteiger partial charge in [0.2, 0.25) is 0 Å². The Morgan fingerprint density at radius 3 is 2.07 bits per heavy atom. The number of Topliss-reactive ketones (excluding diaryl/α,β-unsaturated/α-hetero) is 1. The molecule has 0 amide bonds. The molecule has 1 aliphatic heterocycles. The lowest BCUT2D eigenvalue weighted by atomic mass is 9.88. The molecule has 164 valence electrons. The first-order valence-corrected chi connectivity index (χ1v) is 11.5. The maximum Gasteiger partial charge on any atom is 0.466 e. The molecule has 3 unspecified atom stereocenters. The fourth-order valence-electron chi connectivity index (χ4n) is 3.85. The van der Waals surface area contributed by atoms with E-state index in [4.69, 9.17) is 19.2 Å². The van der Waals surface area contributed by atoms with Crippen LogP contribution in [0.1, 0.15) is 54.1 Å². The number of aliphatic hydroxyl groups is 1. The minimum absolute atomic E-state index is 0.210. The van der Waals surface area contributed by atoms with Crippen molar-refractivity contribution in [2.24, 2.45) is 0 Å². The van der Waals surface area contributed by atoms with E-state index in [1.54, 1.807) is 0 Å². The Labute approximate surface area is 177 Å². The normalized spacial score (nSPS) is 20.7. The van der Waals surface area contributed by atoms with Gasteiger partial charge >= 0.3 is 7.82 Å². The highest BCUT2D eigenvalue weighted by molar-refractivity contribution is 7.45. The number of hydrogen-bond donors (Lipinski definition) is 4. The van der Waals surface area contributed by atoms with Crippen LogP contribution in [0.2, 0.25) is 0 Å². The van der Waals surface area contributed by atoms with Crippen molar-refractivity contribution in [3.63, 3.8) is 0 Å². The van der Waals surface area contributed by atoms with Gasteiger partial charge in [0.25, 0.3) is 0 Å². The van der Waals surface area contributed by atoms with Crippen LogP contribution in [0.15, 0.2) is 60.7 Å². The molecule has 0 aliphatic carbocycles. The smallest absolute Gasteiger partial charge is 0.388 e. The number of piperidine rings is 1. The zero-order valence-electron chi connectivity index (χ0n) is 17.0. The standard InChI is InChI=1S/C22H27NO2.H3O4P/c1-23-19(15-21(24)17-9-4-2-5-10-17)13-8-14-20(23)16-22(25)18-11-6-3-7-12-18;1-5(2,3)4/h2-7,9-12,19-21,24H,8,13-16H2,1H3;(H3,1,2,3,4). The third-order valence-corrected chi connectivity index (χ3v) is 5.42. The summed E-state index contributed by atoms with van der Waals surface area (Å²) in [6, 6.07) is 20.0. The zero-order valence-corrected chi connectivity index (χ0v) is 17.9. The highest BCUT2D eigenvalue weighted by Crippen LogP contribution is 2.30. The fourth-order valence-corrected chi connectivity index (χ4v) is 3.85. The van der Waals surface area contributed by atoms with Crippen LogP contribution >= 0.6 is 7.82 Å². The highest BCUT2D eigenvalue weighted by Gasteiger charge is 2.30. The van der Waals surface area contributed by atoms with Gasteiger partial charge in [-0.25, -0.2) is 4.57 Å². The summed E-state index contributed by atoms with van der Waals surface area (Å²) in [4.78, 5) is 36.4. The number of aliphatic hydroxyl groups excluding tert-OH is 1. The van der Waals surface area contributed by atoms with Crippen LogP contribution < -0.4 is 0 Å². The van der Waals surface area contributed by atoms with Crippen molar-refractivity contribution < 1.29 is 29.1 Å². The van der Waals surface area contributed by atoms with Crippen molar-refractivity contribution >= 4 is 13.6 Å². The van der Waals surface area contributed by atoms with Gasteiger partial charge in [0.1, 0.15) is 0 Å². The Bertz CT molecular complexity index is 818. The number of nitrogens with zero attached hydrogens (tertiary/aromatic N) is 1. The average molecular weight is 435 g/mol. The van der Waals surface area contributed by atoms with Gasteiger partial charge in [-0.2, -0.15) is 0 Å². The van der Waals surface area contributed by atoms with Crippen molar-refractivity contribution in [1.82, 2.24) is 4.90 Å². The maximum atomic E-state index is 12.5. The molecular formula is C22H30NO6P. The third-order valence-electron chi connectivity index (χ3n) is 5.42. The number of rotatable bonds is 6. The van der Waals surface area contributed by atoms with Gasteiger partial charge < -0.3 is 19.8 Å². The zero-order chi connectivity index (χ0) is 22.1. The molecule has 0 bridgehead atoms. The summed E-state index contributed by atoms with van der Waals surface area (Å²) in [5.74, 6) is 0.210. The van der Waals surface area contributed by atoms with Crippen LogP contribution in [0.25, 0.3) is 0 Å². The number of ketones is 1. The van der Waals surface area contributed by atoms with Crippen molar-refractivity contribution in [2.75, 3.05) is 7.05 Å². The predicted molar refractivity (Wildman–Crippen MR) is 115 cm³/mol. The second-order valence-electron chi connectivity index (χ2n) is 7.57. The number of carbonyl (C=O) groups is 1. The molecule has 30 heavy (non-hydrogen) atoms. The summed E-state index contributed by atoms with van der Waals surface area (Å²) in [7, 11) is -2.54. The van der Waals surface area contributed by atoms with Gasteiger partial charge in [0.05, 0.1) is 6.10 Å². The number of carbonyl (C=O) groups excluding carboxylic acids is 1. The SMILES string of the molecule is CN1C(CC(=O)c2ccccc2)CCCC1CC(O)c1ccccc1.O=P(O)(O)O. The summed E-state index contributed by atoms with van der Waals surface area (Å²) >= 11 is 0. The van der Waals surface area contributed by atoms with Crippen LogP contribution in [0, 0.1) is 0 Å². The van der Waals surface area contributed by atoms with Crippen molar-refractivity contribution in [2.45, 2.75) is 50.3 Å². The van der Waals surface area contributed by atoms with Crippen LogP contribution in [-0.2, 0) is 4.57 Å². The van der Waals surface area contributed by atoms with Crippen LogP contribution in [-0.4, -0.2) is 49.6 Å². The molecule has 1 heterocycles. The van der Waals surface area contributed by atoms with E-state index in [1.165, 1.54) is 0 Å². The number of phosphoric acid groups is 1. The van der Waals surface area contributed by atoms with Crippen LogP contribution in [0.3, 0.4) is 0 Å².